The second-order valence-electron chi connectivity index (χ2n) is 9.54. The molecule has 2 rings (SSSR count). The number of rotatable bonds is 10. The molecular weight excluding hydrogens is 359 g/mol. The van der Waals surface area contributed by atoms with Gasteiger partial charge in [-0.1, -0.05) is 63.4 Å². The molecule has 0 spiro atoms. The molecule has 162 valence electrons. The summed E-state index contributed by atoms with van der Waals surface area (Å²) in [6.07, 6.45) is 5.53. The Labute approximate surface area is 179 Å². The molecular formula is C24H41BN2O2. The van der Waals surface area contributed by atoms with Gasteiger partial charge >= 0.3 is 7.12 Å². The van der Waals surface area contributed by atoms with E-state index in [9.17, 15) is 0 Å². The highest BCUT2D eigenvalue weighted by molar-refractivity contribution is 6.45. The predicted molar refractivity (Wildman–Crippen MR) is 124 cm³/mol. The molecule has 0 aromatic heterocycles. The summed E-state index contributed by atoms with van der Waals surface area (Å²) in [4.78, 5) is 0. The van der Waals surface area contributed by atoms with Crippen molar-refractivity contribution in [1.29, 1.82) is 0 Å². The van der Waals surface area contributed by atoms with Crippen LogP contribution in [0.1, 0.15) is 72.8 Å². The van der Waals surface area contributed by atoms with Crippen molar-refractivity contribution < 1.29 is 9.31 Å². The van der Waals surface area contributed by atoms with Crippen LogP contribution in [0.15, 0.2) is 35.4 Å². The van der Waals surface area contributed by atoms with Gasteiger partial charge in [-0.05, 0) is 51.9 Å². The lowest BCUT2D eigenvalue weighted by Crippen LogP contribution is -2.41. The quantitative estimate of drug-likeness (QED) is 0.280. The molecule has 1 saturated heterocycles. The molecule has 1 aromatic carbocycles. The lowest BCUT2D eigenvalue weighted by molar-refractivity contribution is 0.00578. The van der Waals surface area contributed by atoms with Gasteiger partial charge in [-0.15, -0.1) is 0 Å². The Morgan fingerprint density at radius 1 is 1.03 bits per heavy atom. The van der Waals surface area contributed by atoms with Crippen LogP contribution in [0.2, 0.25) is 6.32 Å². The number of hydrogen-bond donors (Lipinski definition) is 0. The second kappa shape index (κ2) is 10.1. The van der Waals surface area contributed by atoms with E-state index < -0.39 is 0 Å². The van der Waals surface area contributed by atoms with Gasteiger partial charge in [-0.2, -0.15) is 5.10 Å². The van der Waals surface area contributed by atoms with Crippen molar-refractivity contribution in [3.8, 4) is 0 Å². The molecule has 0 unspecified atom stereocenters. The zero-order valence-electron chi connectivity index (χ0n) is 19.9. The number of benzene rings is 1. The van der Waals surface area contributed by atoms with E-state index in [1.54, 1.807) is 0 Å². The third kappa shape index (κ3) is 6.08. The summed E-state index contributed by atoms with van der Waals surface area (Å²) in [7, 11) is 3.85. The van der Waals surface area contributed by atoms with Crippen molar-refractivity contribution >= 4 is 12.8 Å². The van der Waals surface area contributed by atoms with Gasteiger partial charge in [0.2, 0.25) is 0 Å². The lowest BCUT2D eigenvalue weighted by Gasteiger charge is -2.32. The standard InChI is InChI=1S/C24H41BN2O2/c1-9-11-15-20(18-25-28-23(3,4)24(5,6)29-25)21(10-2)22(26-27(7)8)19-16-13-12-14-17-19/h12-14,16-17,20-21H,9-11,15,18H2,1-8H3/b26-22+/t20-,21+/m0/s1. The van der Waals surface area contributed by atoms with Crippen molar-refractivity contribution in [3.63, 3.8) is 0 Å². The molecule has 5 heteroatoms. The molecule has 1 heterocycles. The molecule has 0 N–H and O–H groups in total. The van der Waals surface area contributed by atoms with Crippen LogP contribution in [0.5, 0.6) is 0 Å². The van der Waals surface area contributed by atoms with Crippen LogP contribution in [0.3, 0.4) is 0 Å². The molecule has 2 atom stereocenters. The number of hydrazone groups is 1. The summed E-state index contributed by atoms with van der Waals surface area (Å²) in [5.74, 6) is 0.832. The topological polar surface area (TPSA) is 34.1 Å². The Morgan fingerprint density at radius 2 is 1.62 bits per heavy atom. The molecule has 1 aromatic rings. The van der Waals surface area contributed by atoms with Crippen LogP contribution >= 0.6 is 0 Å². The van der Waals surface area contributed by atoms with Gasteiger partial charge in [0.15, 0.2) is 0 Å². The number of nitrogens with zero attached hydrogens (tertiary/aromatic N) is 2. The summed E-state index contributed by atoms with van der Waals surface area (Å²) in [6, 6.07) is 10.6. The third-order valence-corrected chi connectivity index (χ3v) is 6.46. The summed E-state index contributed by atoms with van der Waals surface area (Å²) < 4.78 is 12.7. The third-order valence-electron chi connectivity index (χ3n) is 6.46. The Kier molecular flexibility index (Phi) is 8.36. The van der Waals surface area contributed by atoms with E-state index in [2.05, 4.69) is 71.9 Å². The zero-order chi connectivity index (χ0) is 21.7. The van der Waals surface area contributed by atoms with Gasteiger partial charge in [0.25, 0.3) is 0 Å². The molecule has 4 nitrogen and oxygen atoms in total. The number of unbranched alkanes of at least 4 members (excludes halogenated alkanes) is 1. The van der Waals surface area contributed by atoms with E-state index in [-0.39, 0.29) is 18.3 Å². The van der Waals surface area contributed by atoms with Crippen molar-refractivity contribution in [2.45, 2.75) is 84.7 Å². The molecule has 0 saturated carbocycles. The van der Waals surface area contributed by atoms with E-state index in [4.69, 9.17) is 14.4 Å². The highest BCUT2D eigenvalue weighted by Gasteiger charge is 2.51. The average molecular weight is 400 g/mol. The molecule has 29 heavy (non-hydrogen) atoms. The maximum Gasteiger partial charge on any atom is 0.458 e. The van der Waals surface area contributed by atoms with E-state index >= 15 is 0 Å². The van der Waals surface area contributed by atoms with Crippen molar-refractivity contribution in [1.82, 2.24) is 5.01 Å². The van der Waals surface area contributed by atoms with Crippen molar-refractivity contribution in [2.24, 2.45) is 16.9 Å². The fourth-order valence-electron chi connectivity index (χ4n) is 4.18. The molecule has 1 fully saturated rings. The Morgan fingerprint density at radius 3 is 2.10 bits per heavy atom. The maximum absolute atomic E-state index is 6.36. The minimum Gasteiger partial charge on any atom is -0.403 e. The van der Waals surface area contributed by atoms with Crippen LogP contribution < -0.4 is 0 Å². The first-order valence-electron chi connectivity index (χ1n) is 11.3. The van der Waals surface area contributed by atoms with Gasteiger partial charge in [-0.25, -0.2) is 0 Å². The zero-order valence-corrected chi connectivity index (χ0v) is 19.9. The molecule has 0 amide bonds. The van der Waals surface area contributed by atoms with Gasteiger partial charge in [-0.3, -0.25) is 0 Å². The monoisotopic (exact) mass is 400 g/mol. The predicted octanol–water partition coefficient (Wildman–Crippen LogP) is 5.88. The summed E-state index contributed by atoms with van der Waals surface area (Å²) in [5.41, 5.74) is 1.82. The van der Waals surface area contributed by atoms with Gasteiger partial charge < -0.3 is 14.3 Å². The minimum absolute atomic E-state index is 0.160. The Balaban J connectivity index is 2.32. The first-order chi connectivity index (χ1) is 13.6. The largest absolute Gasteiger partial charge is 0.458 e. The summed E-state index contributed by atoms with van der Waals surface area (Å²) in [6.45, 7) is 13.1. The number of hydrogen-bond acceptors (Lipinski definition) is 4. The highest BCUT2D eigenvalue weighted by atomic mass is 16.7. The molecule has 0 bridgehead atoms. The van der Waals surface area contributed by atoms with Crippen LogP contribution in [0.25, 0.3) is 0 Å². The van der Waals surface area contributed by atoms with Crippen LogP contribution in [-0.2, 0) is 9.31 Å². The summed E-state index contributed by atoms with van der Waals surface area (Å²) in [5, 5.41) is 6.87. The van der Waals surface area contributed by atoms with Gasteiger partial charge in [0.05, 0.1) is 16.9 Å². The Hall–Kier alpha value is -1.33. The Bertz CT molecular complexity index is 642. The van der Waals surface area contributed by atoms with Crippen LogP contribution in [0.4, 0.5) is 0 Å². The molecule has 1 aliphatic rings. The highest BCUT2D eigenvalue weighted by Crippen LogP contribution is 2.41. The average Bonchev–Trinajstić information content (AvgIpc) is 2.85. The van der Waals surface area contributed by atoms with Crippen LogP contribution in [0, 0.1) is 11.8 Å². The van der Waals surface area contributed by atoms with Gasteiger partial charge in [0.1, 0.15) is 0 Å². The van der Waals surface area contributed by atoms with E-state index in [0.29, 0.717) is 11.8 Å². The normalized spacial score (nSPS) is 20.6. The fourth-order valence-corrected chi connectivity index (χ4v) is 4.18. The smallest absolute Gasteiger partial charge is 0.403 e. The fraction of sp³-hybridized carbons (Fsp3) is 0.708. The maximum atomic E-state index is 6.36. The van der Waals surface area contributed by atoms with E-state index in [0.717, 1.165) is 12.7 Å². The molecule has 0 radical (unpaired) electrons. The minimum atomic E-state index is -0.283. The van der Waals surface area contributed by atoms with Gasteiger partial charge in [0, 0.05) is 20.0 Å². The van der Waals surface area contributed by atoms with Crippen LogP contribution in [-0.4, -0.2) is 43.1 Å². The van der Waals surface area contributed by atoms with E-state index in [1.807, 2.05) is 19.1 Å². The lowest BCUT2D eigenvalue weighted by atomic mass is 9.68. The second-order valence-corrected chi connectivity index (χ2v) is 9.54. The molecule has 0 aliphatic carbocycles. The van der Waals surface area contributed by atoms with E-state index in [1.165, 1.54) is 30.5 Å². The van der Waals surface area contributed by atoms with Crippen molar-refractivity contribution in [3.05, 3.63) is 35.9 Å². The first kappa shape index (κ1) is 23.9. The molecule has 1 aliphatic heterocycles. The summed E-state index contributed by atoms with van der Waals surface area (Å²) >= 11 is 0. The van der Waals surface area contributed by atoms with Crippen molar-refractivity contribution in [2.75, 3.05) is 14.1 Å². The SMILES string of the molecule is CCCC[C@@H](CB1OC(C)(C)C(C)(C)O1)[C@@H](CC)/C(=N/N(C)C)c1ccccc1. The first-order valence-corrected chi connectivity index (χ1v) is 11.3.